The summed E-state index contributed by atoms with van der Waals surface area (Å²) in [6.45, 7) is 0.939. The van der Waals surface area contributed by atoms with E-state index in [0.29, 0.717) is 19.6 Å². The van der Waals surface area contributed by atoms with Gasteiger partial charge >= 0.3 is 0 Å². The van der Waals surface area contributed by atoms with E-state index < -0.39 is 9.84 Å². The maximum Gasteiger partial charge on any atom is 0.250 e. The van der Waals surface area contributed by atoms with Crippen LogP contribution in [0.15, 0.2) is 23.1 Å². The third-order valence-corrected chi connectivity index (χ3v) is 5.17. The van der Waals surface area contributed by atoms with Gasteiger partial charge in [0.25, 0.3) is 5.56 Å². The van der Waals surface area contributed by atoms with E-state index in [2.05, 4.69) is 5.32 Å². The number of pyridine rings is 1. The Morgan fingerprint density at radius 1 is 1.45 bits per heavy atom. The van der Waals surface area contributed by atoms with Crippen LogP contribution in [0.2, 0.25) is 0 Å². The molecule has 1 fully saturated rings. The summed E-state index contributed by atoms with van der Waals surface area (Å²) in [7, 11) is -1.35. The Labute approximate surface area is 118 Å². The fraction of sp³-hybridized carbons (Fsp3) is 0.615. The van der Waals surface area contributed by atoms with Crippen LogP contribution in [-0.4, -0.2) is 44.2 Å². The van der Waals surface area contributed by atoms with Crippen LogP contribution in [0.25, 0.3) is 0 Å². The lowest BCUT2D eigenvalue weighted by molar-refractivity contribution is 0.186. The predicted molar refractivity (Wildman–Crippen MR) is 77.9 cm³/mol. The second kappa shape index (κ2) is 6.41. The molecule has 0 radical (unpaired) electrons. The Bertz CT molecular complexity index is 609. The molecule has 20 heavy (non-hydrogen) atoms. The van der Waals surface area contributed by atoms with Gasteiger partial charge in [-0.2, -0.15) is 0 Å². The lowest BCUT2D eigenvalue weighted by atomic mass is 10.2. The first-order chi connectivity index (χ1) is 9.50. The molecule has 1 aliphatic rings. The smallest absolute Gasteiger partial charge is 0.250 e. The third-order valence-electron chi connectivity index (χ3n) is 3.35. The van der Waals surface area contributed by atoms with E-state index in [1.165, 1.54) is 6.07 Å². The predicted octanol–water partition coefficient (Wildman–Crippen LogP) is 0.484. The average Bonchev–Trinajstić information content (AvgIpc) is 2.38. The van der Waals surface area contributed by atoms with Gasteiger partial charge in [0.2, 0.25) is 0 Å². The number of sulfone groups is 1. The summed E-state index contributed by atoms with van der Waals surface area (Å²) in [6.07, 6.45) is 3.22. The summed E-state index contributed by atoms with van der Waals surface area (Å²) in [4.78, 5) is 11.7. The first kappa shape index (κ1) is 15.1. The van der Waals surface area contributed by atoms with Crippen LogP contribution in [0.5, 0.6) is 0 Å². The molecule has 1 aromatic rings. The molecule has 0 bridgehead atoms. The number of methoxy groups -OCH3 is 1. The van der Waals surface area contributed by atoms with Crippen LogP contribution in [0, 0.1) is 0 Å². The van der Waals surface area contributed by atoms with E-state index >= 15 is 0 Å². The molecule has 6 nitrogen and oxygen atoms in total. The van der Waals surface area contributed by atoms with E-state index in [9.17, 15) is 13.2 Å². The summed E-state index contributed by atoms with van der Waals surface area (Å²) >= 11 is 0. The van der Waals surface area contributed by atoms with Crippen molar-refractivity contribution in [1.29, 1.82) is 0 Å². The van der Waals surface area contributed by atoms with Crippen LogP contribution in [-0.2, 0) is 21.1 Å². The van der Waals surface area contributed by atoms with E-state index in [0.717, 1.165) is 12.1 Å². The number of anilines is 1. The van der Waals surface area contributed by atoms with Crippen molar-refractivity contribution in [3.05, 3.63) is 28.7 Å². The number of ether oxygens (including phenoxy) is 1. The van der Waals surface area contributed by atoms with Gasteiger partial charge in [0, 0.05) is 32.0 Å². The fourth-order valence-electron chi connectivity index (χ4n) is 2.35. The standard InChI is InChI=1S/C13H20N2O4S/c1-19-7-6-15-9-11(4-5-13(15)16)14-12-3-2-8-20(17,18)10-12/h4-5,9,12,14H,2-3,6-8,10H2,1H3. The van der Waals surface area contributed by atoms with Gasteiger partial charge in [-0.1, -0.05) is 0 Å². The highest BCUT2D eigenvalue weighted by Crippen LogP contribution is 2.16. The zero-order chi connectivity index (χ0) is 14.6. The molecule has 0 amide bonds. The van der Waals surface area contributed by atoms with Crippen molar-refractivity contribution in [3.63, 3.8) is 0 Å². The molecule has 1 aromatic heterocycles. The van der Waals surface area contributed by atoms with Crippen molar-refractivity contribution >= 4 is 15.5 Å². The molecular formula is C13H20N2O4S. The van der Waals surface area contributed by atoms with E-state index in [4.69, 9.17) is 4.74 Å². The SMILES string of the molecule is COCCn1cc(NC2CCCS(=O)(=O)C2)ccc1=O. The van der Waals surface area contributed by atoms with E-state index in [1.54, 1.807) is 23.9 Å². The van der Waals surface area contributed by atoms with Gasteiger partial charge in [-0.15, -0.1) is 0 Å². The minimum absolute atomic E-state index is 0.0814. The fourth-order valence-corrected chi connectivity index (χ4v) is 3.99. The number of aromatic nitrogens is 1. The Morgan fingerprint density at radius 2 is 2.25 bits per heavy atom. The Hall–Kier alpha value is -1.34. The molecule has 2 heterocycles. The van der Waals surface area contributed by atoms with Gasteiger partial charge in [0.15, 0.2) is 9.84 Å². The molecule has 1 N–H and O–H groups in total. The molecule has 0 saturated carbocycles. The van der Waals surface area contributed by atoms with Crippen molar-refractivity contribution in [3.8, 4) is 0 Å². The maximum absolute atomic E-state index is 11.7. The van der Waals surface area contributed by atoms with Crippen LogP contribution < -0.4 is 10.9 Å². The van der Waals surface area contributed by atoms with E-state index in [-0.39, 0.29) is 23.1 Å². The highest BCUT2D eigenvalue weighted by molar-refractivity contribution is 7.91. The minimum Gasteiger partial charge on any atom is -0.383 e. The molecule has 1 unspecified atom stereocenters. The van der Waals surface area contributed by atoms with Crippen molar-refractivity contribution in [2.45, 2.75) is 25.4 Å². The quantitative estimate of drug-likeness (QED) is 0.856. The summed E-state index contributed by atoms with van der Waals surface area (Å²) < 4.78 is 29.7. The number of hydrogen-bond acceptors (Lipinski definition) is 5. The highest BCUT2D eigenvalue weighted by atomic mass is 32.2. The summed E-state index contributed by atoms with van der Waals surface area (Å²) in [5, 5.41) is 3.20. The third kappa shape index (κ3) is 4.08. The first-order valence-corrected chi connectivity index (χ1v) is 8.49. The molecular weight excluding hydrogens is 280 g/mol. The number of hydrogen-bond donors (Lipinski definition) is 1. The lowest BCUT2D eigenvalue weighted by Crippen LogP contribution is -2.35. The largest absolute Gasteiger partial charge is 0.383 e. The maximum atomic E-state index is 11.7. The van der Waals surface area contributed by atoms with Crippen LogP contribution in [0.1, 0.15) is 12.8 Å². The van der Waals surface area contributed by atoms with Crippen LogP contribution in [0.3, 0.4) is 0 Å². The zero-order valence-electron chi connectivity index (χ0n) is 11.5. The van der Waals surface area contributed by atoms with Gasteiger partial charge in [0.1, 0.15) is 0 Å². The van der Waals surface area contributed by atoms with Crippen molar-refractivity contribution in [2.24, 2.45) is 0 Å². The van der Waals surface area contributed by atoms with Gasteiger partial charge in [0.05, 0.1) is 23.8 Å². The van der Waals surface area contributed by atoms with Crippen LogP contribution >= 0.6 is 0 Å². The van der Waals surface area contributed by atoms with Gasteiger partial charge in [-0.25, -0.2) is 8.42 Å². The number of nitrogens with one attached hydrogen (secondary N) is 1. The second-order valence-electron chi connectivity index (χ2n) is 5.04. The normalized spacial score (nSPS) is 21.6. The molecule has 2 rings (SSSR count). The first-order valence-electron chi connectivity index (χ1n) is 6.66. The molecule has 1 saturated heterocycles. The molecule has 1 aliphatic heterocycles. The topological polar surface area (TPSA) is 77.4 Å². The Balaban J connectivity index is 2.07. The average molecular weight is 300 g/mol. The van der Waals surface area contributed by atoms with Gasteiger partial charge in [-0.05, 0) is 18.9 Å². The van der Waals surface area contributed by atoms with Gasteiger partial charge in [-0.3, -0.25) is 4.79 Å². The van der Waals surface area contributed by atoms with E-state index in [1.807, 2.05) is 0 Å². The second-order valence-corrected chi connectivity index (χ2v) is 7.27. The lowest BCUT2D eigenvalue weighted by Gasteiger charge is -2.24. The number of nitrogens with zero attached hydrogens (tertiary/aromatic N) is 1. The summed E-state index contributed by atoms with van der Waals surface area (Å²) in [5.74, 6) is 0.433. The van der Waals surface area contributed by atoms with Crippen molar-refractivity contribution in [2.75, 3.05) is 30.5 Å². The summed E-state index contributed by atoms with van der Waals surface area (Å²) in [5.41, 5.74) is 0.673. The number of rotatable bonds is 5. The van der Waals surface area contributed by atoms with Gasteiger partial charge < -0.3 is 14.6 Å². The van der Waals surface area contributed by atoms with Crippen LogP contribution in [0.4, 0.5) is 5.69 Å². The zero-order valence-corrected chi connectivity index (χ0v) is 12.4. The molecule has 112 valence electrons. The molecule has 0 aromatic carbocycles. The highest BCUT2D eigenvalue weighted by Gasteiger charge is 2.24. The van der Waals surface area contributed by atoms with Crippen molar-refractivity contribution < 1.29 is 13.2 Å². The Kier molecular flexibility index (Phi) is 4.82. The Morgan fingerprint density at radius 3 is 2.95 bits per heavy atom. The minimum atomic E-state index is -2.94. The molecule has 0 spiro atoms. The van der Waals surface area contributed by atoms with Crippen molar-refractivity contribution in [1.82, 2.24) is 4.57 Å². The summed E-state index contributed by atoms with van der Waals surface area (Å²) in [6, 6.07) is 3.09. The molecule has 7 heteroatoms. The monoisotopic (exact) mass is 300 g/mol. The molecule has 0 aliphatic carbocycles. The molecule has 1 atom stereocenters.